The van der Waals surface area contributed by atoms with Crippen molar-refractivity contribution < 1.29 is 14.0 Å². The van der Waals surface area contributed by atoms with Crippen molar-refractivity contribution in [2.75, 3.05) is 20.1 Å². The fraction of sp³-hybridized carbons (Fsp3) is 0.562. The van der Waals surface area contributed by atoms with Crippen LogP contribution in [0.4, 0.5) is 0 Å². The topological polar surface area (TPSA) is 77.5 Å². The summed E-state index contributed by atoms with van der Waals surface area (Å²) in [5, 5.41) is 8.88. The number of rotatable bonds is 4. The molecule has 1 aromatic rings. The molecule has 0 unspecified atom stereocenters. The number of amides is 2. The molecule has 0 N–H and O–H groups in total. The minimum absolute atomic E-state index is 0.110. The number of nitrogens with zero attached hydrogens (tertiary/aromatic N) is 3. The van der Waals surface area contributed by atoms with Gasteiger partial charge in [0.15, 0.2) is 5.76 Å². The van der Waals surface area contributed by atoms with E-state index in [1.54, 1.807) is 35.9 Å². The Morgan fingerprint density at radius 3 is 2.95 bits per heavy atom. The maximum Gasteiger partial charge on any atom is 0.290 e. The molecule has 0 spiro atoms. The van der Waals surface area contributed by atoms with Crippen LogP contribution in [-0.4, -0.2) is 47.8 Å². The molecule has 118 valence electrons. The number of hydrogen-bond donors (Lipinski definition) is 0. The van der Waals surface area contributed by atoms with Gasteiger partial charge in [0.05, 0.1) is 18.3 Å². The molecule has 2 atom stereocenters. The predicted octanol–water partition coefficient (Wildman–Crippen LogP) is 1.89. The molecule has 1 aliphatic rings. The van der Waals surface area contributed by atoms with Gasteiger partial charge < -0.3 is 14.2 Å². The van der Waals surface area contributed by atoms with Crippen molar-refractivity contribution in [3.8, 4) is 6.07 Å². The highest BCUT2D eigenvalue weighted by Crippen LogP contribution is 2.21. The molecule has 1 fully saturated rings. The molecule has 0 saturated carbocycles. The standard InChI is InChI=1S/C16H21N3O3/c1-12(10-17)11-18(2)15(20)13-6-3-4-8-19(13)16(21)14-7-5-9-22-14/h5,7,9,12-13H,3-4,6,8,11H2,1-2H3/t12-,13+/m1/s1. The first-order valence-electron chi connectivity index (χ1n) is 7.53. The Morgan fingerprint density at radius 1 is 1.55 bits per heavy atom. The van der Waals surface area contributed by atoms with E-state index in [0.29, 0.717) is 19.5 Å². The lowest BCUT2D eigenvalue weighted by Gasteiger charge is -2.36. The van der Waals surface area contributed by atoms with Gasteiger partial charge in [-0.3, -0.25) is 9.59 Å². The lowest BCUT2D eigenvalue weighted by atomic mass is 10.00. The molecule has 1 aromatic heterocycles. The summed E-state index contributed by atoms with van der Waals surface area (Å²) < 4.78 is 5.16. The van der Waals surface area contributed by atoms with Crippen LogP contribution in [0.3, 0.4) is 0 Å². The summed E-state index contributed by atoms with van der Waals surface area (Å²) in [5.41, 5.74) is 0. The van der Waals surface area contributed by atoms with Crippen molar-refractivity contribution in [3.63, 3.8) is 0 Å². The molecule has 1 aliphatic heterocycles. The van der Waals surface area contributed by atoms with E-state index in [2.05, 4.69) is 6.07 Å². The van der Waals surface area contributed by atoms with Crippen LogP contribution in [0.15, 0.2) is 22.8 Å². The van der Waals surface area contributed by atoms with E-state index in [1.807, 2.05) is 0 Å². The van der Waals surface area contributed by atoms with Crippen LogP contribution in [0, 0.1) is 17.2 Å². The Kier molecular flexibility index (Phi) is 5.21. The van der Waals surface area contributed by atoms with E-state index >= 15 is 0 Å². The third-order valence-corrected chi connectivity index (χ3v) is 3.93. The van der Waals surface area contributed by atoms with Crippen LogP contribution in [0.1, 0.15) is 36.7 Å². The van der Waals surface area contributed by atoms with E-state index < -0.39 is 6.04 Å². The van der Waals surface area contributed by atoms with Crippen LogP contribution in [0.2, 0.25) is 0 Å². The van der Waals surface area contributed by atoms with Crippen LogP contribution in [-0.2, 0) is 4.79 Å². The average Bonchev–Trinajstić information content (AvgIpc) is 3.07. The smallest absolute Gasteiger partial charge is 0.290 e. The first kappa shape index (κ1) is 16.1. The second kappa shape index (κ2) is 7.12. The zero-order valence-corrected chi connectivity index (χ0v) is 13.0. The summed E-state index contributed by atoms with van der Waals surface area (Å²) >= 11 is 0. The molecule has 2 rings (SSSR count). The van der Waals surface area contributed by atoms with Crippen molar-refractivity contribution >= 4 is 11.8 Å². The lowest BCUT2D eigenvalue weighted by Crippen LogP contribution is -2.52. The summed E-state index contributed by atoms with van der Waals surface area (Å²) in [5.74, 6) is -0.328. The Morgan fingerprint density at radius 2 is 2.32 bits per heavy atom. The number of carbonyl (C=O) groups is 2. The Labute approximate surface area is 130 Å². The van der Waals surface area contributed by atoms with Crippen molar-refractivity contribution in [1.29, 1.82) is 5.26 Å². The molecular formula is C16H21N3O3. The number of nitriles is 1. The number of furan rings is 1. The van der Waals surface area contributed by atoms with E-state index in [1.165, 1.54) is 6.26 Å². The summed E-state index contributed by atoms with van der Waals surface area (Å²) in [4.78, 5) is 28.3. The summed E-state index contributed by atoms with van der Waals surface area (Å²) in [6.45, 7) is 2.70. The van der Waals surface area contributed by atoms with E-state index in [9.17, 15) is 9.59 Å². The molecule has 0 aliphatic carbocycles. The van der Waals surface area contributed by atoms with Gasteiger partial charge in [-0.1, -0.05) is 0 Å². The SMILES string of the molecule is C[C@H](C#N)CN(C)C(=O)[C@@H]1CCCCN1C(=O)c1ccco1. The predicted molar refractivity (Wildman–Crippen MR) is 79.8 cm³/mol. The van der Waals surface area contributed by atoms with Crippen LogP contribution < -0.4 is 0 Å². The minimum atomic E-state index is -0.470. The van der Waals surface area contributed by atoms with Crippen molar-refractivity contribution in [1.82, 2.24) is 9.80 Å². The molecule has 6 heteroatoms. The fourth-order valence-electron chi connectivity index (χ4n) is 2.77. The third kappa shape index (κ3) is 3.48. The van der Waals surface area contributed by atoms with Gasteiger partial charge in [-0.05, 0) is 38.3 Å². The summed E-state index contributed by atoms with van der Waals surface area (Å²) in [7, 11) is 1.68. The third-order valence-electron chi connectivity index (χ3n) is 3.93. The maximum atomic E-state index is 12.6. The molecule has 0 aromatic carbocycles. The zero-order valence-electron chi connectivity index (χ0n) is 13.0. The fourth-order valence-corrected chi connectivity index (χ4v) is 2.77. The largest absolute Gasteiger partial charge is 0.459 e. The van der Waals surface area contributed by atoms with Gasteiger partial charge in [-0.15, -0.1) is 0 Å². The van der Waals surface area contributed by atoms with Gasteiger partial charge in [-0.25, -0.2) is 0 Å². The van der Waals surface area contributed by atoms with E-state index in [4.69, 9.17) is 9.68 Å². The molecule has 1 saturated heterocycles. The average molecular weight is 303 g/mol. The highest BCUT2D eigenvalue weighted by atomic mass is 16.3. The highest BCUT2D eigenvalue weighted by molar-refractivity contribution is 5.95. The van der Waals surface area contributed by atoms with Crippen LogP contribution >= 0.6 is 0 Å². The summed E-state index contributed by atoms with van der Waals surface area (Å²) in [6.07, 6.45) is 3.90. The van der Waals surface area contributed by atoms with Gasteiger partial charge in [0.25, 0.3) is 5.91 Å². The van der Waals surface area contributed by atoms with Crippen molar-refractivity contribution in [2.45, 2.75) is 32.2 Å². The Bertz CT molecular complexity index is 562. The van der Waals surface area contributed by atoms with Gasteiger partial charge in [0.2, 0.25) is 5.91 Å². The second-order valence-corrected chi connectivity index (χ2v) is 5.74. The number of likely N-dealkylation sites (N-methyl/N-ethyl adjacent to an activating group) is 1. The molecule has 0 bridgehead atoms. The van der Waals surface area contributed by atoms with Crippen LogP contribution in [0.25, 0.3) is 0 Å². The minimum Gasteiger partial charge on any atom is -0.459 e. The van der Waals surface area contributed by atoms with E-state index in [0.717, 1.165) is 12.8 Å². The molecular weight excluding hydrogens is 282 g/mol. The number of piperidine rings is 1. The highest BCUT2D eigenvalue weighted by Gasteiger charge is 2.35. The summed E-state index contributed by atoms with van der Waals surface area (Å²) in [6, 6.07) is 4.92. The van der Waals surface area contributed by atoms with Gasteiger partial charge >= 0.3 is 0 Å². The Hall–Kier alpha value is -2.29. The molecule has 6 nitrogen and oxygen atoms in total. The van der Waals surface area contributed by atoms with Gasteiger partial charge in [-0.2, -0.15) is 5.26 Å². The zero-order chi connectivity index (χ0) is 16.1. The van der Waals surface area contributed by atoms with Gasteiger partial charge in [0, 0.05) is 20.1 Å². The molecule has 2 amide bonds. The maximum absolute atomic E-state index is 12.6. The number of likely N-dealkylation sites (tertiary alicyclic amines) is 1. The number of hydrogen-bond acceptors (Lipinski definition) is 4. The van der Waals surface area contributed by atoms with E-state index in [-0.39, 0.29) is 23.5 Å². The first-order chi connectivity index (χ1) is 10.5. The molecule has 0 radical (unpaired) electrons. The van der Waals surface area contributed by atoms with Crippen molar-refractivity contribution in [3.05, 3.63) is 24.2 Å². The first-order valence-corrected chi connectivity index (χ1v) is 7.53. The Balaban J connectivity index is 2.11. The molecule has 2 heterocycles. The van der Waals surface area contributed by atoms with Gasteiger partial charge in [0.1, 0.15) is 6.04 Å². The normalized spacial score (nSPS) is 19.3. The molecule has 22 heavy (non-hydrogen) atoms. The quantitative estimate of drug-likeness (QED) is 0.851. The monoisotopic (exact) mass is 303 g/mol. The number of carbonyl (C=O) groups excluding carboxylic acids is 2. The second-order valence-electron chi connectivity index (χ2n) is 5.74. The van der Waals surface area contributed by atoms with Crippen molar-refractivity contribution in [2.24, 2.45) is 5.92 Å². The lowest BCUT2D eigenvalue weighted by molar-refractivity contribution is -0.136. The van der Waals surface area contributed by atoms with Crippen LogP contribution in [0.5, 0.6) is 0 Å².